The predicted octanol–water partition coefficient (Wildman–Crippen LogP) is 3.07. The Kier molecular flexibility index (Phi) is 5.31. The molecule has 0 heterocycles. The zero-order valence-electron chi connectivity index (χ0n) is 13.0. The number of aryl methyl sites for hydroxylation is 1. The summed E-state index contributed by atoms with van der Waals surface area (Å²) in [4.78, 5) is 22.3. The van der Waals surface area contributed by atoms with E-state index in [1.54, 1.807) is 6.92 Å². The van der Waals surface area contributed by atoms with Gasteiger partial charge in [0.05, 0.1) is 12.0 Å². The van der Waals surface area contributed by atoms with Crippen LogP contribution < -0.4 is 14.8 Å². The van der Waals surface area contributed by atoms with Crippen molar-refractivity contribution in [3.05, 3.63) is 57.9 Å². The first-order valence-corrected chi connectivity index (χ1v) is 6.92. The molecule has 0 saturated carbocycles. The number of anilines is 1. The van der Waals surface area contributed by atoms with Gasteiger partial charge in [-0.3, -0.25) is 14.9 Å². The fraction of sp³-hybridized carbons (Fsp3) is 0.188. The van der Waals surface area contributed by atoms with Gasteiger partial charge in [-0.15, -0.1) is 0 Å². The van der Waals surface area contributed by atoms with E-state index >= 15 is 0 Å². The average Bonchev–Trinajstić information content (AvgIpc) is 2.54. The van der Waals surface area contributed by atoms with E-state index in [2.05, 4.69) is 5.32 Å². The fourth-order valence-electron chi connectivity index (χ4n) is 2.01. The second-order valence-electron chi connectivity index (χ2n) is 4.89. The van der Waals surface area contributed by atoms with Crippen LogP contribution in [0.15, 0.2) is 36.4 Å². The summed E-state index contributed by atoms with van der Waals surface area (Å²) in [6.45, 7) is 1.29. The van der Waals surface area contributed by atoms with Gasteiger partial charge in [-0.05, 0) is 24.6 Å². The molecule has 0 spiro atoms. The van der Waals surface area contributed by atoms with Gasteiger partial charge in [0.25, 0.3) is 5.91 Å². The van der Waals surface area contributed by atoms with Crippen LogP contribution in [0.1, 0.15) is 5.56 Å². The molecule has 0 saturated heterocycles. The number of methoxy groups -OCH3 is 1. The highest BCUT2D eigenvalue weighted by molar-refractivity contribution is 5.93. The van der Waals surface area contributed by atoms with Gasteiger partial charge < -0.3 is 14.8 Å². The summed E-state index contributed by atoms with van der Waals surface area (Å²) in [5.41, 5.74) is 0.677. The number of nitro groups is 1. The smallest absolute Gasteiger partial charge is 0.311 e. The maximum Gasteiger partial charge on any atom is 0.311 e. The molecule has 7 nitrogen and oxygen atoms in total. The van der Waals surface area contributed by atoms with Crippen molar-refractivity contribution in [1.29, 1.82) is 0 Å². The number of hydrogen-bond donors (Lipinski definition) is 1. The second kappa shape index (κ2) is 7.40. The first-order valence-electron chi connectivity index (χ1n) is 6.92. The van der Waals surface area contributed by atoms with Crippen LogP contribution in [0, 0.1) is 22.9 Å². The fourth-order valence-corrected chi connectivity index (χ4v) is 2.01. The minimum absolute atomic E-state index is 0.0342. The minimum Gasteiger partial charge on any atom is -0.490 e. The van der Waals surface area contributed by atoms with E-state index in [4.69, 9.17) is 9.47 Å². The molecule has 8 heteroatoms. The van der Waals surface area contributed by atoms with Crippen molar-refractivity contribution in [1.82, 2.24) is 0 Å². The van der Waals surface area contributed by atoms with E-state index in [0.29, 0.717) is 11.3 Å². The van der Waals surface area contributed by atoms with E-state index < -0.39 is 16.6 Å². The van der Waals surface area contributed by atoms with E-state index in [-0.39, 0.29) is 23.8 Å². The molecule has 24 heavy (non-hydrogen) atoms. The Morgan fingerprint density at radius 2 is 2.08 bits per heavy atom. The monoisotopic (exact) mass is 334 g/mol. The van der Waals surface area contributed by atoms with Gasteiger partial charge in [0.15, 0.2) is 12.4 Å². The molecule has 0 aliphatic rings. The number of benzene rings is 2. The van der Waals surface area contributed by atoms with Gasteiger partial charge in [-0.25, -0.2) is 4.39 Å². The van der Waals surface area contributed by atoms with Gasteiger partial charge in [0.1, 0.15) is 11.6 Å². The first kappa shape index (κ1) is 17.2. The number of nitrogens with zero attached hydrogens (tertiary/aromatic N) is 1. The molecule has 1 amide bonds. The standard InChI is InChI=1S/C16H15FN2O5/c1-10-6-14(19(21)22)15(23-2)8-13(10)18-16(20)9-24-12-5-3-4-11(17)7-12/h3-8H,9H2,1-2H3,(H,18,20). The van der Waals surface area contributed by atoms with Crippen LogP contribution in [0.5, 0.6) is 11.5 Å². The largest absolute Gasteiger partial charge is 0.490 e. The van der Waals surface area contributed by atoms with Crippen molar-refractivity contribution in [2.24, 2.45) is 0 Å². The number of nitro benzene ring substituents is 1. The average molecular weight is 334 g/mol. The molecule has 0 aromatic heterocycles. The summed E-state index contributed by atoms with van der Waals surface area (Å²) in [5.74, 6) is -0.697. The normalized spacial score (nSPS) is 10.1. The summed E-state index contributed by atoms with van der Waals surface area (Å²) in [6.07, 6.45) is 0. The van der Waals surface area contributed by atoms with Crippen molar-refractivity contribution < 1.29 is 23.6 Å². The summed E-state index contributed by atoms with van der Waals surface area (Å²) >= 11 is 0. The molecule has 0 aliphatic heterocycles. The number of carbonyl (C=O) groups is 1. The molecule has 0 bridgehead atoms. The van der Waals surface area contributed by atoms with Crippen LogP contribution in [0.2, 0.25) is 0 Å². The minimum atomic E-state index is -0.565. The van der Waals surface area contributed by atoms with E-state index in [1.165, 1.54) is 37.4 Å². The maximum absolute atomic E-state index is 13.0. The Labute approximate surface area is 137 Å². The second-order valence-corrected chi connectivity index (χ2v) is 4.89. The molecular formula is C16H15FN2O5. The van der Waals surface area contributed by atoms with Crippen molar-refractivity contribution in [3.8, 4) is 11.5 Å². The molecule has 0 unspecified atom stereocenters. The first-order chi connectivity index (χ1) is 11.4. The van der Waals surface area contributed by atoms with E-state index in [9.17, 15) is 19.3 Å². The van der Waals surface area contributed by atoms with Crippen LogP contribution >= 0.6 is 0 Å². The molecule has 2 rings (SSSR count). The zero-order chi connectivity index (χ0) is 17.7. The maximum atomic E-state index is 13.0. The topological polar surface area (TPSA) is 90.7 Å². The summed E-state index contributed by atoms with van der Waals surface area (Å²) in [7, 11) is 1.30. The SMILES string of the molecule is COc1cc(NC(=O)COc2cccc(F)c2)c(C)cc1[N+](=O)[O-]. The number of nitrogens with one attached hydrogen (secondary N) is 1. The Balaban J connectivity index is 2.07. The van der Waals surface area contributed by atoms with Gasteiger partial charge in [0, 0.05) is 23.9 Å². The van der Waals surface area contributed by atoms with Crippen molar-refractivity contribution >= 4 is 17.3 Å². The van der Waals surface area contributed by atoms with Crippen LogP contribution in [0.4, 0.5) is 15.8 Å². The van der Waals surface area contributed by atoms with Crippen molar-refractivity contribution in [2.75, 3.05) is 19.0 Å². The third-order valence-electron chi connectivity index (χ3n) is 3.16. The quantitative estimate of drug-likeness (QED) is 0.647. The number of carbonyl (C=O) groups excluding carboxylic acids is 1. The number of amides is 1. The number of hydrogen-bond acceptors (Lipinski definition) is 5. The molecule has 0 radical (unpaired) electrons. The highest BCUT2D eigenvalue weighted by atomic mass is 19.1. The molecule has 126 valence electrons. The lowest BCUT2D eigenvalue weighted by molar-refractivity contribution is -0.385. The molecule has 0 aliphatic carbocycles. The van der Waals surface area contributed by atoms with Crippen LogP contribution in [-0.2, 0) is 4.79 Å². The van der Waals surface area contributed by atoms with E-state index in [0.717, 1.165) is 6.07 Å². The Hall–Kier alpha value is -3.16. The summed E-state index contributed by atoms with van der Waals surface area (Å²) < 4.78 is 23.2. The predicted molar refractivity (Wildman–Crippen MR) is 84.9 cm³/mol. The third kappa shape index (κ3) is 4.19. The molecule has 2 aromatic carbocycles. The van der Waals surface area contributed by atoms with Crippen molar-refractivity contribution in [3.63, 3.8) is 0 Å². The van der Waals surface area contributed by atoms with Crippen LogP contribution in [0.25, 0.3) is 0 Å². The third-order valence-corrected chi connectivity index (χ3v) is 3.16. The lowest BCUT2D eigenvalue weighted by Gasteiger charge is -2.11. The van der Waals surface area contributed by atoms with Gasteiger partial charge in [0.2, 0.25) is 0 Å². The van der Waals surface area contributed by atoms with Crippen molar-refractivity contribution in [2.45, 2.75) is 6.92 Å². The highest BCUT2D eigenvalue weighted by Crippen LogP contribution is 2.32. The molecule has 2 aromatic rings. The number of halogens is 1. The van der Waals surface area contributed by atoms with E-state index in [1.807, 2.05) is 0 Å². The van der Waals surface area contributed by atoms with Gasteiger partial charge in [-0.2, -0.15) is 0 Å². The molecule has 0 fully saturated rings. The summed E-state index contributed by atoms with van der Waals surface area (Å²) in [5, 5.41) is 13.5. The Morgan fingerprint density at radius 1 is 1.33 bits per heavy atom. The summed E-state index contributed by atoms with van der Waals surface area (Å²) in [6, 6.07) is 8.09. The lowest BCUT2D eigenvalue weighted by Crippen LogP contribution is -2.20. The van der Waals surface area contributed by atoms with Crippen LogP contribution in [-0.4, -0.2) is 24.5 Å². The lowest BCUT2D eigenvalue weighted by atomic mass is 10.1. The number of rotatable bonds is 6. The molecule has 1 N–H and O–H groups in total. The zero-order valence-corrected chi connectivity index (χ0v) is 13.0. The van der Waals surface area contributed by atoms with Crippen LogP contribution in [0.3, 0.4) is 0 Å². The Bertz CT molecular complexity index is 779. The molecular weight excluding hydrogens is 319 g/mol. The highest BCUT2D eigenvalue weighted by Gasteiger charge is 2.18. The number of ether oxygens (including phenoxy) is 2. The Morgan fingerprint density at radius 3 is 2.71 bits per heavy atom. The molecule has 0 atom stereocenters. The van der Waals surface area contributed by atoms with Gasteiger partial charge >= 0.3 is 5.69 Å². The van der Waals surface area contributed by atoms with Gasteiger partial charge in [-0.1, -0.05) is 6.07 Å².